The number of aromatic nitrogens is 2. The predicted octanol–water partition coefficient (Wildman–Crippen LogP) is 2.68. The van der Waals surface area contributed by atoms with Crippen LogP contribution in [-0.4, -0.2) is 22.6 Å². The van der Waals surface area contributed by atoms with E-state index in [9.17, 15) is 4.79 Å². The lowest BCUT2D eigenvalue weighted by Crippen LogP contribution is -2.26. The van der Waals surface area contributed by atoms with Crippen molar-refractivity contribution < 1.29 is 9.32 Å². The monoisotopic (exact) mass is 267 g/mol. The molecule has 0 aliphatic heterocycles. The van der Waals surface area contributed by atoms with E-state index in [0.29, 0.717) is 31.1 Å². The second-order valence-corrected chi connectivity index (χ2v) is 6.36. The maximum absolute atomic E-state index is 11.6. The van der Waals surface area contributed by atoms with Gasteiger partial charge in [0.1, 0.15) is 0 Å². The van der Waals surface area contributed by atoms with Gasteiger partial charge in [-0.25, -0.2) is 0 Å². The second-order valence-electron chi connectivity index (χ2n) is 6.36. The number of hydrogen-bond acceptors (Lipinski definition) is 4. The van der Waals surface area contributed by atoms with Crippen molar-refractivity contribution in [1.29, 1.82) is 0 Å². The van der Waals surface area contributed by atoms with Crippen molar-refractivity contribution >= 4 is 5.91 Å². The second kappa shape index (κ2) is 6.68. The predicted molar refractivity (Wildman–Crippen MR) is 73.8 cm³/mol. The summed E-state index contributed by atoms with van der Waals surface area (Å²) < 4.78 is 5.10. The van der Waals surface area contributed by atoms with Gasteiger partial charge in [-0.1, -0.05) is 39.8 Å². The van der Waals surface area contributed by atoms with Crippen molar-refractivity contribution in [3.05, 3.63) is 11.7 Å². The van der Waals surface area contributed by atoms with Crippen LogP contribution in [0, 0.1) is 5.41 Å². The van der Waals surface area contributed by atoms with E-state index in [1.807, 2.05) is 13.8 Å². The summed E-state index contributed by atoms with van der Waals surface area (Å²) in [6, 6.07) is 0. The molecule has 5 heteroatoms. The van der Waals surface area contributed by atoms with Crippen LogP contribution in [0.5, 0.6) is 0 Å². The number of rotatable bonds is 6. The number of hydrogen-bond donors (Lipinski definition) is 1. The van der Waals surface area contributed by atoms with E-state index in [-0.39, 0.29) is 17.2 Å². The van der Waals surface area contributed by atoms with Crippen LogP contribution in [0.2, 0.25) is 0 Å². The Balaban J connectivity index is 2.24. The molecule has 0 unspecified atom stereocenters. The number of amides is 1. The van der Waals surface area contributed by atoms with Crippen LogP contribution in [-0.2, 0) is 11.2 Å². The summed E-state index contributed by atoms with van der Waals surface area (Å²) in [4.78, 5) is 15.9. The van der Waals surface area contributed by atoms with Gasteiger partial charge < -0.3 is 9.84 Å². The van der Waals surface area contributed by atoms with Gasteiger partial charge in [-0.15, -0.1) is 0 Å². The Morgan fingerprint density at radius 3 is 2.58 bits per heavy atom. The van der Waals surface area contributed by atoms with E-state index in [1.165, 1.54) is 0 Å². The topological polar surface area (TPSA) is 68.0 Å². The van der Waals surface area contributed by atoms with Crippen LogP contribution in [0.15, 0.2) is 4.52 Å². The molecule has 0 aliphatic carbocycles. The first-order valence-corrected chi connectivity index (χ1v) is 6.87. The highest BCUT2D eigenvalue weighted by Crippen LogP contribution is 2.20. The van der Waals surface area contributed by atoms with Gasteiger partial charge in [-0.3, -0.25) is 4.79 Å². The summed E-state index contributed by atoms with van der Waals surface area (Å²) in [5.74, 6) is 1.62. The number of carbonyl (C=O) groups is 1. The summed E-state index contributed by atoms with van der Waals surface area (Å²) in [6.45, 7) is 11.0. The molecule has 0 saturated carbocycles. The molecule has 1 rings (SSSR count). The Labute approximate surface area is 115 Å². The van der Waals surface area contributed by atoms with E-state index >= 15 is 0 Å². The van der Waals surface area contributed by atoms with Gasteiger partial charge in [0.05, 0.1) is 0 Å². The van der Waals surface area contributed by atoms with E-state index in [1.54, 1.807) is 0 Å². The van der Waals surface area contributed by atoms with Gasteiger partial charge in [0, 0.05) is 25.3 Å². The van der Waals surface area contributed by atoms with Crippen molar-refractivity contribution in [1.82, 2.24) is 15.5 Å². The molecular weight excluding hydrogens is 242 g/mol. The lowest BCUT2D eigenvalue weighted by Gasteiger charge is -2.17. The summed E-state index contributed by atoms with van der Waals surface area (Å²) >= 11 is 0. The molecule has 0 aromatic carbocycles. The zero-order chi connectivity index (χ0) is 14.5. The molecule has 0 atom stereocenters. The molecule has 5 nitrogen and oxygen atoms in total. The minimum atomic E-state index is 0.0857. The van der Waals surface area contributed by atoms with Crippen LogP contribution in [0.1, 0.15) is 65.1 Å². The molecular formula is C14H25N3O2. The van der Waals surface area contributed by atoms with Crippen molar-refractivity contribution in [2.24, 2.45) is 5.41 Å². The minimum Gasteiger partial charge on any atom is -0.356 e. The molecule has 0 spiro atoms. The molecule has 1 N–H and O–H groups in total. The summed E-state index contributed by atoms with van der Waals surface area (Å²) in [6.07, 6.45) is 2.06. The van der Waals surface area contributed by atoms with E-state index in [4.69, 9.17) is 4.52 Å². The zero-order valence-corrected chi connectivity index (χ0v) is 12.6. The number of nitrogens with zero attached hydrogens (tertiary/aromatic N) is 2. The Bertz CT molecular complexity index is 405. The Morgan fingerprint density at radius 2 is 2.05 bits per heavy atom. The molecule has 108 valence electrons. The number of carbonyl (C=O) groups excluding carboxylic acids is 1. The maximum Gasteiger partial charge on any atom is 0.229 e. The number of nitrogens with one attached hydrogen (secondary N) is 1. The van der Waals surface area contributed by atoms with Gasteiger partial charge in [-0.2, -0.15) is 4.98 Å². The largest absolute Gasteiger partial charge is 0.356 e. The van der Waals surface area contributed by atoms with Crippen LogP contribution in [0.4, 0.5) is 0 Å². The fraction of sp³-hybridized carbons (Fsp3) is 0.786. The third kappa shape index (κ3) is 6.36. The molecule has 0 fully saturated rings. The Kier molecular flexibility index (Phi) is 5.51. The van der Waals surface area contributed by atoms with E-state index < -0.39 is 0 Å². The SMILES string of the molecule is CC(C)c1nc(CCNC(=O)CCC(C)(C)C)no1. The van der Waals surface area contributed by atoms with Crippen LogP contribution in [0.25, 0.3) is 0 Å². The molecule has 0 saturated heterocycles. The lowest BCUT2D eigenvalue weighted by molar-refractivity contribution is -0.121. The molecule has 0 radical (unpaired) electrons. The first kappa shape index (κ1) is 15.7. The van der Waals surface area contributed by atoms with Crippen molar-refractivity contribution in [2.75, 3.05) is 6.54 Å². The van der Waals surface area contributed by atoms with Crippen molar-refractivity contribution in [2.45, 2.75) is 59.8 Å². The van der Waals surface area contributed by atoms with Crippen LogP contribution >= 0.6 is 0 Å². The van der Waals surface area contributed by atoms with Crippen molar-refractivity contribution in [3.8, 4) is 0 Å². The fourth-order valence-corrected chi connectivity index (χ4v) is 1.49. The molecule has 0 bridgehead atoms. The van der Waals surface area contributed by atoms with Gasteiger partial charge in [-0.05, 0) is 11.8 Å². The lowest BCUT2D eigenvalue weighted by atomic mass is 9.90. The van der Waals surface area contributed by atoms with Gasteiger partial charge >= 0.3 is 0 Å². The average molecular weight is 267 g/mol. The highest BCUT2D eigenvalue weighted by molar-refractivity contribution is 5.75. The van der Waals surface area contributed by atoms with Crippen LogP contribution < -0.4 is 5.32 Å². The fourth-order valence-electron chi connectivity index (χ4n) is 1.49. The van der Waals surface area contributed by atoms with Crippen molar-refractivity contribution in [3.63, 3.8) is 0 Å². The first-order chi connectivity index (χ1) is 8.78. The molecule has 0 aliphatic rings. The molecule has 1 heterocycles. The minimum absolute atomic E-state index is 0.0857. The van der Waals surface area contributed by atoms with Gasteiger partial charge in [0.25, 0.3) is 0 Å². The molecule has 19 heavy (non-hydrogen) atoms. The summed E-state index contributed by atoms with van der Waals surface area (Å²) in [7, 11) is 0. The maximum atomic E-state index is 11.6. The third-order valence-electron chi connectivity index (χ3n) is 2.75. The molecule has 1 aromatic rings. The molecule has 1 aromatic heterocycles. The van der Waals surface area contributed by atoms with Gasteiger partial charge in [0.15, 0.2) is 5.82 Å². The standard InChI is InChI=1S/C14H25N3O2/c1-10(2)13-16-11(17-19-13)7-9-15-12(18)6-8-14(3,4)5/h10H,6-9H2,1-5H3,(H,15,18). The Hall–Kier alpha value is -1.39. The normalized spacial score (nSPS) is 11.9. The highest BCUT2D eigenvalue weighted by Gasteiger charge is 2.13. The summed E-state index contributed by atoms with van der Waals surface area (Å²) in [5.41, 5.74) is 0.192. The smallest absolute Gasteiger partial charge is 0.229 e. The zero-order valence-electron chi connectivity index (χ0n) is 12.6. The molecule has 1 amide bonds. The van der Waals surface area contributed by atoms with E-state index in [0.717, 1.165) is 6.42 Å². The van der Waals surface area contributed by atoms with Gasteiger partial charge in [0.2, 0.25) is 11.8 Å². The summed E-state index contributed by atoms with van der Waals surface area (Å²) in [5, 5.41) is 6.76. The first-order valence-electron chi connectivity index (χ1n) is 6.87. The van der Waals surface area contributed by atoms with E-state index in [2.05, 4.69) is 36.2 Å². The van der Waals surface area contributed by atoms with Crippen LogP contribution in [0.3, 0.4) is 0 Å². The quantitative estimate of drug-likeness (QED) is 0.860. The highest BCUT2D eigenvalue weighted by atomic mass is 16.5. The average Bonchev–Trinajstić information content (AvgIpc) is 2.74. The third-order valence-corrected chi connectivity index (χ3v) is 2.75. The Morgan fingerprint density at radius 1 is 1.37 bits per heavy atom.